The van der Waals surface area contributed by atoms with Gasteiger partial charge in [-0.15, -0.1) is 0 Å². The first-order valence-electron chi connectivity index (χ1n) is 11.4. The van der Waals surface area contributed by atoms with Gasteiger partial charge in [0.2, 0.25) is 5.91 Å². The third kappa shape index (κ3) is 6.45. The van der Waals surface area contributed by atoms with Gasteiger partial charge >= 0.3 is 0 Å². The van der Waals surface area contributed by atoms with Gasteiger partial charge in [0.1, 0.15) is 5.54 Å². The highest BCUT2D eigenvalue weighted by molar-refractivity contribution is 5.99. The Labute approximate surface area is 180 Å². The molecule has 1 saturated heterocycles. The van der Waals surface area contributed by atoms with Crippen LogP contribution >= 0.6 is 0 Å². The van der Waals surface area contributed by atoms with E-state index < -0.39 is 5.54 Å². The summed E-state index contributed by atoms with van der Waals surface area (Å²) in [6.07, 6.45) is 10.2. The van der Waals surface area contributed by atoms with Crippen LogP contribution in [0.4, 0.5) is 0 Å². The molecule has 2 N–H and O–H groups in total. The van der Waals surface area contributed by atoms with Gasteiger partial charge in [-0.1, -0.05) is 93.5 Å². The maximum absolute atomic E-state index is 13.5. The number of carbonyl (C=O) groups excluding carboxylic acids is 2. The second kappa shape index (κ2) is 11.5. The second-order valence-corrected chi connectivity index (χ2v) is 8.40. The summed E-state index contributed by atoms with van der Waals surface area (Å²) in [4.78, 5) is 26.6. The van der Waals surface area contributed by atoms with Crippen LogP contribution in [0.25, 0.3) is 0 Å². The zero-order valence-electron chi connectivity index (χ0n) is 17.9. The average Bonchev–Trinajstić information content (AvgIpc) is 2.79. The van der Waals surface area contributed by atoms with Crippen LogP contribution in [-0.4, -0.2) is 23.9 Å². The van der Waals surface area contributed by atoms with Crippen molar-refractivity contribution in [3.05, 3.63) is 71.8 Å². The van der Waals surface area contributed by atoms with Crippen molar-refractivity contribution >= 4 is 11.8 Å². The van der Waals surface area contributed by atoms with Crippen molar-refractivity contribution in [2.45, 2.75) is 69.7 Å². The van der Waals surface area contributed by atoms with E-state index in [1.165, 1.54) is 25.7 Å². The first-order valence-corrected chi connectivity index (χ1v) is 11.4. The lowest BCUT2D eigenvalue weighted by Crippen LogP contribution is -2.60. The smallest absolute Gasteiger partial charge is 0.252 e. The van der Waals surface area contributed by atoms with Gasteiger partial charge < -0.3 is 10.6 Å². The third-order valence-electron chi connectivity index (χ3n) is 5.99. The standard InChI is InChI=1S/C26H34N2O2/c29-24(23-17-11-8-12-18-23)28-26(21-22-15-9-7-10-16-22)19-13-5-3-1-2-4-6-14-20-27-25(26)30/h7-12,15-18H,1-6,13-14,19-21H2,(H,27,30)(H,28,29). The van der Waals surface area contributed by atoms with Gasteiger partial charge in [-0.05, 0) is 30.5 Å². The fourth-order valence-corrected chi connectivity index (χ4v) is 4.25. The quantitative estimate of drug-likeness (QED) is 0.747. The maximum atomic E-state index is 13.5. The Kier molecular flexibility index (Phi) is 8.49. The van der Waals surface area contributed by atoms with E-state index in [9.17, 15) is 9.59 Å². The minimum absolute atomic E-state index is 0.0603. The zero-order chi connectivity index (χ0) is 21.1. The number of hydrogen-bond donors (Lipinski definition) is 2. The molecule has 1 heterocycles. The minimum atomic E-state index is -0.942. The summed E-state index contributed by atoms with van der Waals surface area (Å²) in [7, 11) is 0. The molecule has 4 heteroatoms. The Morgan fingerprint density at radius 3 is 2.03 bits per heavy atom. The number of rotatable bonds is 4. The van der Waals surface area contributed by atoms with E-state index in [-0.39, 0.29) is 11.8 Å². The fourth-order valence-electron chi connectivity index (χ4n) is 4.25. The normalized spacial score (nSPS) is 21.4. The molecule has 30 heavy (non-hydrogen) atoms. The molecule has 3 rings (SSSR count). The van der Waals surface area contributed by atoms with E-state index >= 15 is 0 Å². The van der Waals surface area contributed by atoms with Crippen LogP contribution in [0.15, 0.2) is 60.7 Å². The molecule has 1 fully saturated rings. The van der Waals surface area contributed by atoms with Crippen molar-refractivity contribution in [2.24, 2.45) is 0 Å². The third-order valence-corrected chi connectivity index (χ3v) is 5.99. The average molecular weight is 407 g/mol. The Morgan fingerprint density at radius 2 is 1.37 bits per heavy atom. The van der Waals surface area contributed by atoms with E-state index in [4.69, 9.17) is 0 Å². The molecule has 0 bridgehead atoms. The Balaban J connectivity index is 1.87. The zero-order valence-corrected chi connectivity index (χ0v) is 17.9. The van der Waals surface area contributed by atoms with Gasteiger partial charge in [-0.25, -0.2) is 0 Å². The molecule has 1 aliphatic rings. The predicted molar refractivity (Wildman–Crippen MR) is 121 cm³/mol. The molecular weight excluding hydrogens is 372 g/mol. The topological polar surface area (TPSA) is 58.2 Å². The van der Waals surface area contributed by atoms with Crippen molar-refractivity contribution in [1.82, 2.24) is 10.6 Å². The molecule has 4 nitrogen and oxygen atoms in total. The highest BCUT2D eigenvalue weighted by Gasteiger charge is 2.39. The highest BCUT2D eigenvalue weighted by Crippen LogP contribution is 2.24. The van der Waals surface area contributed by atoms with E-state index in [2.05, 4.69) is 10.6 Å². The van der Waals surface area contributed by atoms with Crippen molar-refractivity contribution in [3.63, 3.8) is 0 Å². The Bertz CT molecular complexity index is 791. The largest absolute Gasteiger partial charge is 0.354 e. The summed E-state index contributed by atoms with van der Waals surface area (Å²) in [6, 6.07) is 19.2. The molecule has 0 spiro atoms. The van der Waals surface area contributed by atoms with Gasteiger partial charge in [-0.2, -0.15) is 0 Å². The molecule has 1 atom stereocenters. The minimum Gasteiger partial charge on any atom is -0.354 e. The van der Waals surface area contributed by atoms with E-state index in [0.29, 0.717) is 24.9 Å². The van der Waals surface area contributed by atoms with Crippen LogP contribution in [0.5, 0.6) is 0 Å². The van der Waals surface area contributed by atoms with Gasteiger partial charge in [0, 0.05) is 18.5 Å². The molecule has 0 aliphatic carbocycles. The first kappa shape index (κ1) is 22.1. The van der Waals surface area contributed by atoms with E-state index in [1.54, 1.807) is 12.1 Å². The summed E-state index contributed by atoms with van der Waals surface area (Å²) < 4.78 is 0. The maximum Gasteiger partial charge on any atom is 0.252 e. The van der Waals surface area contributed by atoms with Gasteiger partial charge in [0.25, 0.3) is 5.91 Å². The lowest BCUT2D eigenvalue weighted by atomic mass is 9.84. The van der Waals surface area contributed by atoms with Gasteiger partial charge in [0.05, 0.1) is 0 Å². The summed E-state index contributed by atoms with van der Waals surface area (Å²) >= 11 is 0. The predicted octanol–water partition coefficient (Wildman–Crippen LogP) is 5.04. The number of hydrogen-bond acceptors (Lipinski definition) is 2. The fraction of sp³-hybridized carbons (Fsp3) is 0.462. The molecule has 0 radical (unpaired) electrons. The molecule has 0 aromatic heterocycles. The molecule has 1 aliphatic heterocycles. The summed E-state index contributed by atoms with van der Waals surface area (Å²) in [5.74, 6) is -0.249. The number of carbonyl (C=O) groups is 2. The number of amides is 2. The second-order valence-electron chi connectivity index (χ2n) is 8.40. The van der Waals surface area contributed by atoms with Crippen molar-refractivity contribution in [2.75, 3.05) is 6.54 Å². The van der Waals surface area contributed by atoms with Crippen molar-refractivity contribution in [3.8, 4) is 0 Å². The lowest BCUT2D eigenvalue weighted by molar-refractivity contribution is -0.127. The summed E-state index contributed by atoms with van der Waals surface area (Å²) in [5, 5.41) is 6.30. The van der Waals surface area contributed by atoms with Crippen molar-refractivity contribution in [1.29, 1.82) is 0 Å². The first-order chi connectivity index (χ1) is 14.7. The van der Waals surface area contributed by atoms with Crippen LogP contribution in [0.2, 0.25) is 0 Å². The molecule has 1 unspecified atom stereocenters. The SMILES string of the molecule is O=C(NC1(Cc2ccccc2)CCCCCCCCCCNC1=O)c1ccccc1. The van der Waals surface area contributed by atoms with E-state index in [1.807, 2.05) is 48.5 Å². The highest BCUT2D eigenvalue weighted by atomic mass is 16.2. The Morgan fingerprint density at radius 1 is 0.800 bits per heavy atom. The van der Waals surface area contributed by atoms with Crippen LogP contribution in [0.3, 0.4) is 0 Å². The van der Waals surface area contributed by atoms with Gasteiger partial charge in [-0.3, -0.25) is 9.59 Å². The molecule has 0 saturated carbocycles. The number of nitrogens with one attached hydrogen (secondary N) is 2. The molecule has 2 aromatic rings. The lowest BCUT2D eigenvalue weighted by Gasteiger charge is -2.34. The van der Waals surface area contributed by atoms with Crippen molar-refractivity contribution < 1.29 is 9.59 Å². The summed E-state index contributed by atoms with van der Waals surface area (Å²) in [6.45, 7) is 0.663. The van der Waals surface area contributed by atoms with Gasteiger partial charge in [0.15, 0.2) is 0 Å². The van der Waals surface area contributed by atoms with E-state index in [0.717, 1.165) is 31.2 Å². The van der Waals surface area contributed by atoms with Crippen LogP contribution in [0, 0.1) is 0 Å². The molecule has 2 aromatic carbocycles. The molecular formula is C26H34N2O2. The number of benzene rings is 2. The Hall–Kier alpha value is -2.62. The molecule has 160 valence electrons. The van der Waals surface area contributed by atoms with Crippen LogP contribution in [-0.2, 0) is 11.2 Å². The monoisotopic (exact) mass is 406 g/mol. The van der Waals surface area contributed by atoms with Crippen LogP contribution < -0.4 is 10.6 Å². The summed E-state index contributed by atoms with van der Waals surface area (Å²) in [5.41, 5.74) is 0.702. The molecule has 2 amide bonds. The van der Waals surface area contributed by atoms with Crippen LogP contribution in [0.1, 0.15) is 73.7 Å².